The van der Waals surface area contributed by atoms with Crippen LogP contribution in [-0.2, 0) is 35.8 Å². The van der Waals surface area contributed by atoms with Gasteiger partial charge in [0.2, 0.25) is 17.6 Å². The smallest absolute Gasteiger partial charge is 0.358 e. The van der Waals surface area contributed by atoms with E-state index in [1.54, 1.807) is 42.5 Å². The van der Waals surface area contributed by atoms with Gasteiger partial charge in [0.15, 0.2) is 5.75 Å². The van der Waals surface area contributed by atoms with Gasteiger partial charge < -0.3 is 10.4 Å². The van der Waals surface area contributed by atoms with Crippen molar-refractivity contribution in [3.63, 3.8) is 0 Å². The van der Waals surface area contributed by atoms with Gasteiger partial charge in [0.05, 0.1) is 19.2 Å². The average molecular weight is 631 g/mol. The van der Waals surface area contributed by atoms with Crippen LogP contribution in [0.25, 0.3) is 0 Å². The summed E-state index contributed by atoms with van der Waals surface area (Å²) < 4.78 is 0. The minimum Gasteiger partial charge on any atom is -0.481 e. The number of urea groups is 1. The third kappa shape index (κ3) is 8.05. The van der Waals surface area contributed by atoms with Gasteiger partial charge in [-0.2, -0.15) is 0 Å². The summed E-state index contributed by atoms with van der Waals surface area (Å²) in [6, 6.07) is 12.1. The Bertz CT molecular complexity index is 1390. The number of amides is 5. The normalized spacial score (nSPS) is 18.3. The summed E-state index contributed by atoms with van der Waals surface area (Å²) in [5, 5.41) is 15.8. The number of nitrogens with zero attached hydrogens (tertiary/aromatic N) is 3. The molecule has 1 unspecified atom stereocenters. The number of halogens is 1. The third-order valence-corrected chi connectivity index (χ3v) is 9.02. The molecule has 14 heteroatoms. The minimum atomic E-state index is -1.34. The molecule has 3 atom stereocenters. The second kappa shape index (κ2) is 14.4. The Morgan fingerprint density at radius 3 is 2.44 bits per heavy atom. The number of benzene rings is 2. The van der Waals surface area contributed by atoms with Crippen LogP contribution in [-0.4, -0.2) is 92.8 Å². The van der Waals surface area contributed by atoms with Crippen LogP contribution in [0.4, 0.5) is 4.79 Å². The van der Waals surface area contributed by atoms with Crippen LogP contribution in [0.5, 0.6) is 0 Å². The van der Waals surface area contributed by atoms with E-state index in [1.807, 2.05) is 18.4 Å². The predicted molar refractivity (Wildman–Crippen MR) is 160 cm³/mol. The van der Waals surface area contributed by atoms with Crippen LogP contribution in [0.3, 0.4) is 0 Å². The Balaban J connectivity index is 1.49. The maximum Gasteiger partial charge on any atom is 0.358 e. The minimum absolute atomic E-state index is 0.0146. The standard InChI is InChI=1S/C29H32ClN5O7S/c1-43(17-20-10-5-6-11-21(20)30)18-24(36)22(16-26(38)39)31-28(41)23-12-7-14-34-25(37)13-15-33(29(42)35(23)34)32-27(40)19-8-3-2-4-9-19/h2-6,8-11,22-23H,7,12-18H2,1H3,(H2-,31,32,38,39,40,41)/p+1/t22-,23-,43?/m0/s1. The number of fused-ring (bicyclic) bond motifs is 1. The molecule has 3 N–H and O–H groups in total. The van der Waals surface area contributed by atoms with Crippen LogP contribution in [0.15, 0.2) is 54.6 Å². The molecule has 0 aromatic heterocycles. The molecule has 0 spiro atoms. The van der Waals surface area contributed by atoms with Gasteiger partial charge in [-0.15, -0.1) is 0 Å². The number of carboxylic acids is 1. The topological polar surface area (TPSA) is 156 Å². The van der Waals surface area contributed by atoms with Crippen LogP contribution in [0.1, 0.15) is 41.6 Å². The number of carbonyl (C=O) groups is 6. The summed E-state index contributed by atoms with van der Waals surface area (Å²) in [6.45, 7) is 0.0783. The van der Waals surface area contributed by atoms with Crippen molar-refractivity contribution in [3.05, 3.63) is 70.7 Å². The molecule has 2 fully saturated rings. The molecule has 2 aliphatic rings. The number of hydrazine groups is 2. The number of Topliss-reactive ketones (excluding diaryl/α,β-unsaturated/α-hetero) is 1. The van der Waals surface area contributed by atoms with E-state index < -0.39 is 64.9 Å². The first-order chi connectivity index (χ1) is 20.5. The zero-order valence-electron chi connectivity index (χ0n) is 23.5. The summed E-state index contributed by atoms with van der Waals surface area (Å²) in [4.78, 5) is 77.8. The Morgan fingerprint density at radius 1 is 1.05 bits per heavy atom. The Morgan fingerprint density at radius 2 is 1.74 bits per heavy atom. The lowest BCUT2D eigenvalue weighted by Gasteiger charge is -2.43. The fourth-order valence-corrected chi connectivity index (χ4v) is 6.81. The number of rotatable bonds is 11. The Hall–Kier alpha value is -4.10. The molecular formula is C29H33ClN5O7S+. The number of carboxylic acid groups (broad SMARTS) is 1. The molecule has 2 heterocycles. The molecule has 12 nitrogen and oxygen atoms in total. The van der Waals surface area contributed by atoms with Gasteiger partial charge in [-0.3, -0.25) is 29.4 Å². The lowest BCUT2D eigenvalue weighted by atomic mass is 10.0. The van der Waals surface area contributed by atoms with E-state index in [4.69, 9.17) is 11.6 Å². The van der Waals surface area contributed by atoms with Crippen molar-refractivity contribution in [2.75, 3.05) is 25.1 Å². The number of aliphatic carboxylic acids is 1. The van der Waals surface area contributed by atoms with Crippen molar-refractivity contribution < 1.29 is 33.9 Å². The van der Waals surface area contributed by atoms with Crippen molar-refractivity contribution in [3.8, 4) is 0 Å². The van der Waals surface area contributed by atoms with E-state index in [-0.39, 0.29) is 31.7 Å². The summed E-state index contributed by atoms with van der Waals surface area (Å²) >= 11 is 6.25. The van der Waals surface area contributed by atoms with E-state index in [0.29, 0.717) is 22.8 Å². The van der Waals surface area contributed by atoms with Gasteiger partial charge >= 0.3 is 12.0 Å². The van der Waals surface area contributed by atoms with Crippen LogP contribution < -0.4 is 10.7 Å². The Kier molecular flexibility index (Phi) is 10.6. The molecule has 2 aliphatic heterocycles. The summed E-state index contributed by atoms with van der Waals surface area (Å²) in [7, 11) is -0.505. The van der Waals surface area contributed by atoms with E-state index in [2.05, 4.69) is 10.7 Å². The maximum atomic E-state index is 13.6. The van der Waals surface area contributed by atoms with E-state index in [9.17, 15) is 33.9 Å². The number of hydrogen-bond donors (Lipinski definition) is 3. The lowest BCUT2D eigenvalue weighted by Crippen LogP contribution is -2.65. The van der Waals surface area contributed by atoms with Crippen LogP contribution >= 0.6 is 11.6 Å². The molecule has 2 aromatic carbocycles. The van der Waals surface area contributed by atoms with Crippen molar-refractivity contribution >= 4 is 58.0 Å². The molecule has 228 valence electrons. The predicted octanol–water partition coefficient (Wildman–Crippen LogP) is 2.00. The van der Waals surface area contributed by atoms with Crippen molar-refractivity contribution in [2.45, 2.75) is 43.5 Å². The highest BCUT2D eigenvalue weighted by Crippen LogP contribution is 2.24. The molecule has 4 rings (SSSR count). The fraction of sp³-hybridized carbons (Fsp3) is 0.379. The first-order valence-corrected chi connectivity index (χ1v) is 16.0. The average Bonchev–Trinajstić information content (AvgIpc) is 3.10. The van der Waals surface area contributed by atoms with E-state index in [1.165, 1.54) is 5.01 Å². The molecule has 43 heavy (non-hydrogen) atoms. The molecule has 0 bridgehead atoms. The first kappa shape index (κ1) is 31.8. The number of carbonyl (C=O) groups excluding carboxylic acids is 5. The summed E-state index contributed by atoms with van der Waals surface area (Å²) in [5.41, 5.74) is 3.68. The summed E-state index contributed by atoms with van der Waals surface area (Å²) in [5.74, 6) is -2.95. The highest BCUT2D eigenvalue weighted by atomic mass is 35.5. The Labute approximate surface area is 256 Å². The SMILES string of the molecule is C[S+](CC(=O)[C@H](CC(=O)O)NC(=O)[C@@H]1CCCN2C(=O)CCN(NC(=O)c3ccccc3)C(=O)N12)Cc1ccccc1Cl. The molecule has 2 saturated heterocycles. The van der Waals surface area contributed by atoms with Gasteiger partial charge in [0, 0.05) is 29.1 Å². The molecule has 5 amide bonds. The molecule has 0 radical (unpaired) electrons. The zero-order chi connectivity index (χ0) is 31.1. The molecule has 0 saturated carbocycles. The van der Waals surface area contributed by atoms with Gasteiger partial charge in [0.25, 0.3) is 5.91 Å². The second-order valence-electron chi connectivity index (χ2n) is 10.3. The van der Waals surface area contributed by atoms with E-state index in [0.717, 1.165) is 15.6 Å². The monoisotopic (exact) mass is 630 g/mol. The number of ketones is 1. The number of hydrogen-bond acceptors (Lipinski definition) is 6. The van der Waals surface area contributed by atoms with Gasteiger partial charge in [-0.1, -0.05) is 48.0 Å². The zero-order valence-corrected chi connectivity index (χ0v) is 25.1. The first-order valence-electron chi connectivity index (χ1n) is 13.7. The summed E-state index contributed by atoms with van der Waals surface area (Å²) in [6.07, 6.45) is 1.70. The highest BCUT2D eigenvalue weighted by Gasteiger charge is 2.45. The van der Waals surface area contributed by atoms with Gasteiger partial charge in [-0.05, 0) is 41.9 Å². The van der Waals surface area contributed by atoms with Crippen LogP contribution in [0, 0.1) is 0 Å². The third-order valence-electron chi connectivity index (χ3n) is 7.07. The van der Waals surface area contributed by atoms with E-state index >= 15 is 0 Å². The molecule has 0 aliphatic carbocycles. The van der Waals surface area contributed by atoms with Crippen LogP contribution in [0.2, 0.25) is 5.02 Å². The molecule has 2 aromatic rings. The number of nitrogens with one attached hydrogen (secondary N) is 2. The van der Waals surface area contributed by atoms with Gasteiger partial charge in [0.1, 0.15) is 17.8 Å². The largest absolute Gasteiger partial charge is 0.481 e. The quantitative estimate of drug-likeness (QED) is 0.321. The fourth-order valence-electron chi connectivity index (χ4n) is 4.96. The van der Waals surface area contributed by atoms with Crippen molar-refractivity contribution in [1.82, 2.24) is 25.8 Å². The maximum absolute atomic E-state index is 13.6. The van der Waals surface area contributed by atoms with Gasteiger partial charge in [-0.25, -0.2) is 19.8 Å². The highest BCUT2D eigenvalue weighted by molar-refractivity contribution is 7.96. The van der Waals surface area contributed by atoms with Crippen molar-refractivity contribution in [2.24, 2.45) is 0 Å². The van der Waals surface area contributed by atoms with Crippen molar-refractivity contribution in [1.29, 1.82) is 0 Å². The lowest BCUT2D eigenvalue weighted by molar-refractivity contribution is -0.155. The molecular weight excluding hydrogens is 598 g/mol. The second-order valence-corrected chi connectivity index (χ2v) is 12.8.